The zero-order valence-electron chi connectivity index (χ0n) is 12.8. The fourth-order valence-electron chi connectivity index (χ4n) is 3.46. The lowest BCUT2D eigenvalue weighted by Crippen LogP contribution is -2.02. The molecule has 2 aromatic heterocycles. The van der Waals surface area contributed by atoms with Crippen molar-refractivity contribution in [3.8, 4) is 11.3 Å². The number of aliphatic hydroxyl groups excluding tert-OH is 1. The van der Waals surface area contributed by atoms with E-state index in [0.717, 1.165) is 22.6 Å². The zero-order valence-corrected chi connectivity index (χ0v) is 12.8. The van der Waals surface area contributed by atoms with Crippen molar-refractivity contribution in [2.24, 2.45) is 0 Å². The molecular formula is C19H20N2O. The van der Waals surface area contributed by atoms with E-state index in [-0.39, 0.29) is 6.61 Å². The molecule has 3 nitrogen and oxygen atoms in total. The number of aryl methyl sites for hydroxylation is 3. The number of aliphatic hydroxyl groups is 1. The van der Waals surface area contributed by atoms with Gasteiger partial charge in [-0.25, -0.2) is 4.98 Å². The van der Waals surface area contributed by atoms with Gasteiger partial charge in [0.05, 0.1) is 12.3 Å². The number of aromatic nitrogens is 2. The molecule has 112 valence electrons. The Morgan fingerprint density at radius 1 is 1.09 bits per heavy atom. The van der Waals surface area contributed by atoms with E-state index in [2.05, 4.69) is 29.5 Å². The molecule has 3 heteroatoms. The summed E-state index contributed by atoms with van der Waals surface area (Å²) < 4.78 is 2.09. The van der Waals surface area contributed by atoms with Crippen LogP contribution in [0, 0.1) is 6.92 Å². The third-order valence-electron chi connectivity index (χ3n) is 4.73. The molecule has 0 atom stereocenters. The van der Waals surface area contributed by atoms with E-state index in [1.807, 2.05) is 18.3 Å². The maximum atomic E-state index is 9.29. The molecule has 0 saturated heterocycles. The van der Waals surface area contributed by atoms with Crippen LogP contribution in [-0.2, 0) is 19.4 Å². The van der Waals surface area contributed by atoms with Gasteiger partial charge in [0.15, 0.2) is 0 Å². The van der Waals surface area contributed by atoms with Gasteiger partial charge in [0.25, 0.3) is 0 Å². The minimum atomic E-state index is 0.0522. The summed E-state index contributed by atoms with van der Waals surface area (Å²) in [5, 5.41) is 9.29. The Morgan fingerprint density at radius 2 is 1.91 bits per heavy atom. The summed E-state index contributed by atoms with van der Waals surface area (Å²) in [5.41, 5.74) is 8.17. The maximum absolute atomic E-state index is 9.29. The first-order chi connectivity index (χ1) is 10.8. The Balaban J connectivity index is 1.85. The molecule has 0 radical (unpaired) electrons. The maximum Gasteiger partial charge on any atom is 0.138 e. The van der Waals surface area contributed by atoms with E-state index in [0.29, 0.717) is 0 Å². The summed E-state index contributed by atoms with van der Waals surface area (Å²) in [6.45, 7) is 2.16. The van der Waals surface area contributed by atoms with Gasteiger partial charge in [-0.2, -0.15) is 0 Å². The first kappa shape index (κ1) is 13.5. The second-order valence-electron chi connectivity index (χ2n) is 6.16. The van der Waals surface area contributed by atoms with Gasteiger partial charge < -0.3 is 9.51 Å². The molecule has 0 unspecified atom stereocenters. The van der Waals surface area contributed by atoms with Gasteiger partial charge >= 0.3 is 0 Å². The molecule has 1 N–H and O–H groups in total. The monoisotopic (exact) mass is 292 g/mol. The lowest BCUT2D eigenvalue weighted by Gasteiger charge is -2.16. The van der Waals surface area contributed by atoms with Crippen molar-refractivity contribution in [1.82, 2.24) is 9.38 Å². The fraction of sp³-hybridized carbons (Fsp3) is 0.316. The first-order valence-corrected chi connectivity index (χ1v) is 7.97. The molecule has 0 spiro atoms. The molecule has 1 aliphatic carbocycles. The minimum absolute atomic E-state index is 0.0522. The van der Waals surface area contributed by atoms with Crippen LogP contribution in [-0.4, -0.2) is 14.5 Å². The van der Waals surface area contributed by atoms with Crippen molar-refractivity contribution < 1.29 is 5.11 Å². The molecule has 0 amide bonds. The SMILES string of the molecule is Cc1c(-c2ccc3c(c2)CCCC3)nc2cc(CO)ccn12. The number of nitrogens with zero attached hydrogens (tertiary/aromatic N) is 2. The van der Waals surface area contributed by atoms with Gasteiger partial charge in [-0.15, -0.1) is 0 Å². The molecule has 3 aromatic rings. The summed E-state index contributed by atoms with van der Waals surface area (Å²) in [7, 11) is 0. The Morgan fingerprint density at radius 3 is 2.73 bits per heavy atom. The number of imidazole rings is 1. The van der Waals surface area contributed by atoms with Crippen molar-refractivity contribution in [2.75, 3.05) is 0 Å². The van der Waals surface area contributed by atoms with Crippen LogP contribution in [0.15, 0.2) is 36.5 Å². The van der Waals surface area contributed by atoms with E-state index < -0.39 is 0 Å². The Bertz CT molecular complexity index is 848. The molecule has 22 heavy (non-hydrogen) atoms. The lowest BCUT2D eigenvalue weighted by molar-refractivity contribution is 0.282. The third kappa shape index (κ3) is 2.13. The van der Waals surface area contributed by atoms with Crippen LogP contribution in [0.1, 0.15) is 35.2 Å². The number of benzene rings is 1. The Hall–Kier alpha value is -2.13. The standard InChI is InChI=1S/C19H20N2O/c1-13-19(20-18-10-14(12-22)8-9-21(13)18)17-7-6-15-4-2-3-5-16(15)11-17/h6-11,22H,2-5,12H2,1H3. The van der Waals surface area contributed by atoms with Gasteiger partial charge in [0.2, 0.25) is 0 Å². The van der Waals surface area contributed by atoms with E-state index in [9.17, 15) is 5.11 Å². The molecule has 4 rings (SSSR count). The van der Waals surface area contributed by atoms with E-state index in [1.54, 1.807) is 0 Å². The quantitative estimate of drug-likeness (QED) is 0.782. The second kappa shape index (κ2) is 5.25. The third-order valence-corrected chi connectivity index (χ3v) is 4.73. The predicted octanol–water partition coefficient (Wildman–Crippen LogP) is 3.68. The van der Waals surface area contributed by atoms with Crippen LogP contribution < -0.4 is 0 Å². The molecular weight excluding hydrogens is 272 g/mol. The highest BCUT2D eigenvalue weighted by Gasteiger charge is 2.14. The normalized spacial score (nSPS) is 14.3. The molecule has 0 aliphatic heterocycles. The van der Waals surface area contributed by atoms with Gasteiger partial charge in [0, 0.05) is 17.5 Å². The Labute approximate surface area is 130 Å². The highest BCUT2D eigenvalue weighted by atomic mass is 16.3. The zero-order chi connectivity index (χ0) is 15.1. The smallest absolute Gasteiger partial charge is 0.138 e. The van der Waals surface area contributed by atoms with Crippen molar-refractivity contribution in [3.63, 3.8) is 0 Å². The summed E-state index contributed by atoms with van der Waals surface area (Å²) in [6, 6.07) is 10.7. The number of pyridine rings is 1. The van der Waals surface area contributed by atoms with Crippen LogP contribution in [0.25, 0.3) is 16.9 Å². The van der Waals surface area contributed by atoms with Gasteiger partial charge in [-0.3, -0.25) is 0 Å². The average Bonchev–Trinajstić information content (AvgIpc) is 2.90. The van der Waals surface area contributed by atoms with Crippen LogP contribution in [0.5, 0.6) is 0 Å². The molecule has 0 bridgehead atoms. The van der Waals surface area contributed by atoms with Gasteiger partial charge in [-0.05, 0) is 67.5 Å². The predicted molar refractivity (Wildman–Crippen MR) is 87.9 cm³/mol. The van der Waals surface area contributed by atoms with Crippen LogP contribution in [0.2, 0.25) is 0 Å². The second-order valence-corrected chi connectivity index (χ2v) is 6.16. The summed E-state index contributed by atoms with van der Waals surface area (Å²) in [6.07, 6.45) is 6.99. The molecule has 1 aliphatic rings. The summed E-state index contributed by atoms with van der Waals surface area (Å²) in [5.74, 6) is 0. The summed E-state index contributed by atoms with van der Waals surface area (Å²) in [4.78, 5) is 4.79. The van der Waals surface area contributed by atoms with Crippen LogP contribution >= 0.6 is 0 Å². The number of hydrogen-bond donors (Lipinski definition) is 1. The van der Waals surface area contributed by atoms with E-state index >= 15 is 0 Å². The number of rotatable bonds is 2. The topological polar surface area (TPSA) is 37.5 Å². The van der Waals surface area contributed by atoms with Crippen molar-refractivity contribution in [1.29, 1.82) is 0 Å². The average molecular weight is 292 g/mol. The first-order valence-electron chi connectivity index (χ1n) is 7.97. The summed E-state index contributed by atoms with van der Waals surface area (Å²) >= 11 is 0. The van der Waals surface area contributed by atoms with Gasteiger partial charge in [0.1, 0.15) is 5.65 Å². The molecule has 0 fully saturated rings. The van der Waals surface area contributed by atoms with Crippen molar-refractivity contribution in [3.05, 3.63) is 58.9 Å². The van der Waals surface area contributed by atoms with E-state index in [1.165, 1.54) is 42.4 Å². The fourth-order valence-corrected chi connectivity index (χ4v) is 3.46. The van der Waals surface area contributed by atoms with Gasteiger partial charge in [-0.1, -0.05) is 12.1 Å². The van der Waals surface area contributed by atoms with Crippen LogP contribution in [0.3, 0.4) is 0 Å². The lowest BCUT2D eigenvalue weighted by atomic mass is 9.90. The van der Waals surface area contributed by atoms with Crippen LogP contribution in [0.4, 0.5) is 0 Å². The van der Waals surface area contributed by atoms with E-state index in [4.69, 9.17) is 4.98 Å². The largest absolute Gasteiger partial charge is 0.392 e. The molecule has 1 aromatic carbocycles. The highest BCUT2D eigenvalue weighted by Crippen LogP contribution is 2.29. The number of fused-ring (bicyclic) bond motifs is 2. The van der Waals surface area contributed by atoms with Crippen molar-refractivity contribution in [2.45, 2.75) is 39.2 Å². The van der Waals surface area contributed by atoms with Crippen molar-refractivity contribution >= 4 is 5.65 Å². The highest BCUT2D eigenvalue weighted by molar-refractivity contribution is 5.68. The number of hydrogen-bond acceptors (Lipinski definition) is 2. The Kier molecular flexibility index (Phi) is 3.23. The minimum Gasteiger partial charge on any atom is -0.392 e. The molecule has 2 heterocycles. The molecule has 0 saturated carbocycles.